The first-order chi connectivity index (χ1) is 11.8. The second-order valence-corrected chi connectivity index (χ2v) is 5.22. The van der Waals surface area contributed by atoms with Gasteiger partial charge in [0.2, 0.25) is 0 Å². The average molecular weight is 315 g/mol. The smallest absolute Gasteiger partial charge is 0.256 e. The third-order valence-electron chi connectivity index (χ3n) is 3.70. The summed E-state index contributed by atoms with van der Waals surface area (Å²) in [5, 5.41) is 7.81. The molecular formula is C18H13N5O. The fraction of sp³-hybridized carbons (Fsp3) is 0. The topological polar surface area (TPSA) is 72.7 Å². The van der Waals surface area contributed by atoms with Crippen LogP contribution in [0.2, 0.25) is 0 Å². The monoisotopic (exact) mass is 315 g/mol. The van der Waals surface area contributed by atoms with Gasteiger partial charge in [-0.1, -0.05) is 18.2 Å². The number of rotatable bonds is 3. The van der Waals surface area contributed by atoms with E-state index in [4.69, 9.17) is 0 Å². The molecule has 6 heteroatoms. The second kappa shape index (κ2) is 5.92. The van der Waals surface area contributed by atoms with E-state index in [0.29, 0.717) is 11.3 Å². The fourth-order valence-electron chi connectivity index (χ4n) is 2.53. The minimum atomic E-state index is -0.165. The zero-order valence-electron chi connectivity index (χ0n) is 12.6. The van der Waals surface area contributed by atoms with Crippen molar-refractivity contribution in [1.82, 2.24) is 19.7 Å². The predicted octanol–water partition coefficient (Wildman–Crippen LogP) is 3.07. The molecule has 4 rings (SSSR count). The second-order valence-electron chi connectivity index (χ2n) is 5.22. The summed E-state index contributed by atoms with van der Waals surface area (Å²) in [4.78, 5) is 20.8. The molecule has 0 aliphatic rings. The van der Waals surface area contributed by atoms with Gasteiger partial charge in [-0.05, 0) is 36.4 Å². The highest BCUT2D eigenvalue weighted by molar-refractivity contribution is 6.12. The van der Waals surface area contributed by atoms with Crippen LogP contribution in [0.25, 0.3) is 16.6 Å². The standard InChI is InChI=1S/C18H13N5O/c24-18(16-9-10-20-17-4-2-1-3-15(16)17)22-13-5-7-14(8-6-13)23-12-19-11-21-23/h1-12H,(H,22,24). The van der Waals surface area contributed by atoms with Gasteiger partial charge in [0.15, 0.2) is 0 Å². The maximum Gasteiger partial charge on any atom is 0.256 e. The Labute approximate surface area is 137 Å². The van der Waals surface area contributed by atoms with Crippen molar-refractivity contribution in [1.29, 1.82) is 0 Å². The van der Waals surface area contributed by atoms with Crippen LogP contribution in [0.4, 0.5) is 5.69 Å². The maximum absolute atomic E-state index is 12.6. The number of aromatic nitrogens is 4. The van der Waals surface area contributed by atoms with E-state index in [9.17, 15) is 4.79 Å². The minimum absolute atomic E-state index is 0.165. The lowest BCUT2D eigenvalue weighted by atomic mass is 10.1. The van der Waals surface area contributed by atoms with Gasteiger partial charge in [0.25, 0.3) is 5.91 Å². The highest BCUT2D eigenvalue weighted by Crippen LogP contribution is 2.18. The van der Waals surface area contributed by atoms with Crippen molar-refractivity contribution in [2.75, 3.05) is 5.32 Å². The van der Waals surface area contributed by atoms with Crippen LogP contribution in [-0.4, -0.2) is 25.7 Å². The molecule has 0 radical (unpaired) electrons. The summed E-state index contributed by atoms with van der Waals surface area (Å²) < 4.78 is 1.65. The summed E-state index contributed by atoms with van der Waals surface area (Å²) in [7, 11) is 0. The van der Waals surface area contributed by atoms with Crippen LogP contribution in [0.15, 0.2) is 73.4 Å². The summed E-state index contributed by atoms with van der Waals surface area (Å²) in [6.07, 6.45) is 4.74. The van der Waals surface area contributed by atoms with E-state index in [1.165, 1.54) is 6.33 Å². The summed E-state index contributed by atoms with van der Waals surface area (Å²) in [6.45, 7) is 0. The van der Waals surface area contributed by atoms with Gasteiger partial charge < -0.3 is 5.32 Å². The largest absolute Gasteiger partial charge is 0.322 e. The van der Waals surface area contributed by atoms with Crippen molar-refractivity contribution in [2.24, 2.45) is 0 Å². The van der Waals surface area contributed by atoms with Gasteiger partial charge in [-0.15, -0.1) is 0 Å². The summed E-state index contributed by atoms with van der Waals surface area (Å²) >= 11 is 0. The molecule has 0 bridgehead atoms. The van der Waals surface area contributed by atoms with Crippen molar-refractivity contribution in [2.45, 2.75) is 0 Å². The Kier molecular flexibility index (Phi) is 3.47. The van der Waals surface area contributed by atoms with Crippen molar-refractivity contribution in [3.8, 4) is 5.69 Å². The number of anilines is 1. The summed E-state index contributed by atoms with van der Waals surface area (Å²) in [5.41, 5.74) is 2.98. The molecule has 2 heterocycles. The first-order valence-electron chi connectivity index (χ1n) is 7.41. The molecule has 0 fully saturated rings. The molecule has 116 valence electrons. The van der Waals surface area contributed by atoms with Gasteiger partial charge in [-0.3, -0.25) is 9.78 Å². The first kappa shape index (κ1) is 14.1. The number of amides is 1. The van der Waals surface area contributed by atoms with E-state index in [-0.39, 0.29) is 5.91 Å². The van der Waals surface area contributed by atoms with Gasteiger partial charge in [-0.25, -0.2) is 9.67 Å². The molecule has 6 nitrogen and oxygen atoms in total. The summed E-state index contributed by atoms with van der Waals surface area (Å²) in [6, 6.07) is 16.7. The number of hydrogen-bond donors (Lipinski definition) is 1. The molecule has 0 saturated heterocycles. The Morgan fingerprint density at radius 3 is 2.62 bits per heavy atom. The first-order valence-corrected chi connectivity index (χ1v) is 7.41. The number of nitrogens with one attached hydrogen (secondary N) is 1. The van der Waals surface area contributed by atoms with Crippen LogP contribution in [0.1, 0.15) is 10.4 Å². The number of para-hydroxylation sites is 1. The average Bonchev–Trinajstić information content (AvgIpc) is 3.16. The highest BCUT2D eigenvalue weighted by Gasteiger charge is 2.10. The zero-order chi connectivity index (χ0) is 16.4. The van der Waals surface area contributed by atoms with Gasteiger partial charge in [0, 0.05) is 17.3 Å². The molecule has 4 aromatic rings. The Morgan fingerprint density at radius 1 is 1.00 bits per heavy atom. The van der Waals surface area contributed by atoms with Crippen LogP contribution in [0.5, 0.6) is 0 Å². The van der Waals surface area contributed by atoms with E-state index in [1.54, 1.807) is 23.3 Å². The number of carbonyl (C=O) groups excluding carboxylic acids is 1. The Hall–Kier alpha value is -3.54. The molecule has 0 spiro atoms. The van der Waals surface area contributed by atoms with E-state index in [0.717, 1.165) is 16.6 Å². The number of pyridine rings is 1. The normalized spacial score (nSPS) is 10.7. The van der Waals surface area contributed by atoms with Crippen molar-refractivity contribution in [3.63, 3.8) is 0 Å². The van der Waals surface area contributed by atoms with E-state index < -0.39 is 0 Å². The lowest BCUT2D eigenvalue weighted by molar-refractivity contribution is 0.102. The van der Waals surface area contributed by atoms with Crippen LogP contribution < -0.4 is 5.32 Å². The van der Waals surface area contributed by atoms with Crippen LogP contribution in [-0.2, 0) is 0 Å². The molecule has 2 aromatic carbocycles. The van der Waals surface area contributed by atoms with Crippen molar-refractivity contribution >= 4 is 22.5 Å². The molecule has 1 N–H and O–H groups in total. The number of benzene rings is 2. The molecule has 0 unspecified atom stereocenters. The third-order valence-corrected chi connectivity index (χ3v) is 3.70. The zero-order valence-corrected chi connectivity index (χ0v) is 12.6. The molecule has 0 aliphatic heterocycles. The predicted molar refractivity (Wildman–Crippen MR) is 91.1 cm³/mol. The van der Waals surface area contributed by atoms with Gasteiger partial charge in [0.05, 0.1) is 16.8 Å². The quantitative estimate of drug-likeness (QED) is 0.630. The van der Waals surface area contributed by atoms with E-state index in [2.05, 4.69) is 20.4 Å². The number of fused-ring (bicyclic) bond motifs is 1. The molecule has 1 amide bonds. The minimum Gasteiger partial charge on any atom is -0.322 e. The molecule has 0 atom stereocenters. The number of nitrogens with zero attached hydrogens (tertiary/aromatic N) is 4. The summed E-state index contributed by atoms with van der Waals surface area (Å²) in [5.74, 6) is -0.165. The van der Waals surface area contributed by atoms with Crippen molar-refractivity contribution < 1.29 is 4.79 Å². The third kappa shape index (κ3) is 2.61. The maximum atomic E-state index is 12.6. The molecule has 0 aliphatic carbocycles. The molecule has 0 saturated carbocycles. The Bertz CT molecular complexity index is 988. The molecule has 2 aromatic heterocycles. The molecular weight excluding hydrogens is 302 g/mol. The number of carbonyl (C=O) groups is 1. The van der Waals surface area contributed by atoms with Gasteiger partial charge >= 0.3 is 0 Å². The van der Waals surface area contributed by atoms with E-state index in [1.807, 2.05) is 48.5 Å². The lowest BCUT2D eigenvalue weighted by Crippen LogP contribution is -2.12. The number of hydrogen-bond acceptors (Lipinski definition) is 4. The van der Waals surface area contributed by atoms with Crippen LogP contribution in [0.3, 0.4) is 0 Å². The van der Waals surface area contributed by atoms with Crippen LogP contribution >= 0.6 is 0 Å². The highest BCUT2D eigenvalue weighted by atomic mass is 16.1. The van der Waals surface area contributed by atoms with Gasteiger partial charge in [0.1, 0.15) is 12.7 Å². The lowest BCUT2D eigenvalue weighted by Gasteiger charge is -2.08. The fourth-order valence-corrected chi connectivity index (χ4v) is 2.53. The van der Waals surface area contributed by atoms with Crippen molar-refractivity contribution in [3.05, 3.63) is 79.0 Å². The van der Waals surface area contributed by atoms with Gasteiger partial charge in [-0.2, -0.15) is 5.10 Å². The van der Waals surface area contributed by atoms with E-state index >= 15 is 0 Å². The SMILES string of the molecule is O=C(Nc1ccc(-n2cncn2)cc1)c1ccnc2ccccc12. The Balaban J connectivity index is 1.59. The van der Waals surface area contributed by atoms with Crippen LogP contribution in [0, 0.1) is 0 Å². The Morgan fingerprint density at radius 2 is 1.83 bits per heavy atom. The molecule has 24 heavy (non-hydrogen) atoms.